The number of rotatable bonds is 4. The smallest absolute Gasteiger partial charge is 0.167 e. The highest BCUT2D eigenvalue weighted by atomic mass is 16.3. The number of aryl methyl sites for hydroxylation is 1. The van der Waals surface area contributed by atoms with Gasteiger partial charge >= 0.3 is 0 Å². The van der Waals surface area contributed by atoms with Crippen LogP contribution in [0.5, 0.6) is 0 Å². The molecule has 1 heterocycles. The SMILES string of the molecule is Cc1nnc(NC(CO)c2ccccc2)c(C#N)c1C. The molecule has 0 spiro atoms. The first-order valence-corrected chi connectivity index (χ1v) is 6.33. The number of aliphatic hydroxyl groups excluding tert-OH is 1. The van der Waals surface area contributed by atoms with Crippen LogP contribution in [0.4, 0.5) is 5.82 Å². The van der Waals surface area contributed by atoms with E-state index in [4.69, 9.17) is 0 Å². The van der Waals surface area contributed by atoms with Crippen molar-refractivity contribution in [1.82, 2.24) is 10.2 Å². The maximum absolute atomic E-state index is 9.53. The molecule has 0 aliphatic rings. The van der Waals surface area contributed by atoms with Gasteiger partial charge in [-0.3, -0.25) is 0 Å². The van der Waals surface area contributed by atoms with Gasteiger partial charge in [-0.15, -0.1) is 5.10 Å². The Balaban J connectivity index is 2.34. The Morgan fingerprint density at radius 2 is 1.95 bits per heavy atom. The van der Waals surface area contributed by atoms with Gasteiger partial charge in [-0.05, 0) is 25.0 Å². The first-order chi connectivity index (χ1) is 9.67. The van der Waals surface area contributed by atoms with Gasteiger partial charge in [0.05, 0.1) is 18.3 Å². The predicted octanol–water partition coefficient (Wildman–Crippen LogP) is 2.11. The molecule has 5 nitrogen and oxygen atoms in total. The standard InChI is InChI=1S/C15H16N4O/c1-10-11(2)18-19-15(13(10)8-16)17-14(9-20)12-6-4-3-5-7-12/h3-7,14,20H,9H2,1-2H3,(H,17,19). The topological polar surface area (TPSA) is 81.8 Å². The number of benzene rings is 1. The van der Waals surface area contributed by atoms with Crippen LogP contribution < -0.4 is 5.32 Å². The molecule has 1 aromatic heterocycles. The Morgan fingerprint density at radius 3 is 2.55 bits per heavy atom. The van der Waals surface area contributed by atoms with Crippen molar-refractivity contribution in [2.45, 2.75) is 19.9 Å². The minimum Gasteiger partial charge on any atom is -0.394 e. The van der Waals surface area contributed by atoms with E-state index in [1.165, 1.54) is 0 Å². The number of hydrogen-bond donors (Lipinski definition) is 2. The second-order valence-electron chi connectivity index (χ2n) is 4.54. The second kappa shape index (κ2) is 6.13. The predicted molar refractivity (Wildman–Crippen MR) is 76.1 cm³/mol. The molecule has 0 saturated carbocycles. The summed E-state index contributed by atoms with van der Waals surface area (Å²) in [6.07, 6.45) is 0. The summed E-state index contributed by atoms with van der Waals surface area (Å²) in [6, 6.07) is 11.4. The molecule has 102 valence electrons. The van der Waals surface area contributed by atoms with Gasteiger partial charge in [-0.1, -0.05) is 30.3 Å². The third-order valence-electron chi connectivity index (χ3n) is 3.26. The van der Waals surface area contributed by atoms with Crippen LogP contribution in [0.3, 0.4) is 0 Å². The van der Waals surface area contributed by atoms with Gasteiger partial charge in [-0.2, -0.15) is 10.4 Å². The van der Waals surface area contributed by atoms with Crippen LogP contribution in [0.15, 0.2) is 30.3 Å². The van der Waals surface area contributed by atoms with Gasteiger partial charge in [0.2, 0.25) is 0 Å². The van der Waals surface area contributed by atoms with Crippen molar-refractivity contribution in [2.75, 3.05) is 11.9 Å². The quantitative estimate of drug-likeness (QED) is 0.887. The minimum absolute atomic E-state index is 0.0938. The summed E-state index contributed by atoms with van der Waals surface area (Å²) in [5, 5.41) is 29.9. The largest absolute Gasteiger partial charge is 0.394 e. The molecule has 20 heavy (non-hydrogen) atoms. The first kappa shape index (κ1) is 14.0. The highest BCUT2D eigenvalue weighted by Crippen LogP contribution is 2.22. The van der Waals surface area contributed by atoms with Gasteiger partial charge in [0.15, 0.2) is 5.82 Å². The van der Waals surface area contributed by atoms with Crippen LogP contribution in [0.1, 0.15) is 28.4 Å². The zero-order chi connectivity index (χ0) is 14.5. The monoisotopic (exact) mass is 268 g/mol. The average molecular weight is 268 g/mol. The van der Waals surface area contributed by atoms with E-state index in [0.717, 1.165) is 16.8 Å². The van der Waals surface area contributed by atoms with Gasteiger partial charge in [0.1, 0.15) is 11.6 Å². The molecule has 0 bridgehead atoms. The molecule has 0 saturated heterocycles. The van der Waals surface area contributed by atoms with E-state index in [9.17, 15) is 10.4 Å². The zero-order valence-corrected chi connectivity index (χ0v) is 11.5. The summed E-state index contributed by atoms with van der Waals surface area (Å²) in [5.41, 5.74) is 2.92. The Hall–Kier alpha value is -2.45. The number of nitrogens with one attached hydrogen (secondary N) is 1. The number of hydrogen-bond acceptors (Lipinski definition) is 5. The van der Waals surface area contributed by atoms with Crippen LogP contribution in [0.2, 0.25) is 0 Å². The second-order valence-corrected chi connectivity index (χ2v) is 4.54. The van der Waals surface area contributed by atoms with E-state index in [0.29, 0.717) is 11.4 Å². The molecule has 0 amide bonds. The van der Waals surface area contributed by atoms with Crippen molar-refractivity contribution in [3.05, 3.63) is 52.7 Å². The van der Waals surface area contributed by atoms with E-state index in [1.807, 2.05) is 44.2 Å². The van der Waals surface area contributed by atoms with E-state index in [-0.39, 0.29) is 12.6 Å². The molecule has 2 N–H and O–H groups in total. The average Bonchev–Trinajstić information content (AvgIpc) is 2.49. The Bertz CT molecular complexity index is 634. The third-order valence-corrected chi connectivity index (χ3v) is 3.26. The summed E-state index contributed by atoms with van der Waals surface area (Å²) < 4.78 is 0. The zero-order valence-electron chi connectivity index (χ0n) is 11.5. The van der Waals surface area contributed by atoms with Crippen molar-refractivity contribution in [1.29, 1.82) is 5.26 Å². The molecular weight excluding hydrogens is 252 g/mol. The number of nitrogens with zero attached hydrogens (tertiary/aromatic N) is 3. The summed E-state index contributed by atoms with van der Waals surface area (Å²) >= 11 is 0. The van der Waals surface area contributed by atoms with E-state index in [2.05, 4.69) is 21.6 Å². The van der Waals surface area contributed by atoms with Gasteiger partial charge in [0.25, 0.3) is 0 Å². The third kappa shape index (κ3) is 2.76. The van der Waals surface area contributed by atoms with E-state index < -0.39 is 0 Å². The lowest BCUT2D eigenvalue weighted by Crippen LogP contribution is -2.17. The van der Waals surface area contributed by atoms with Gasteiger partial charge in [-0.25, -0.2) is 0 Å². The lowest BCUT2D eigenvalue weighted by molar-refractivity contribution is 0.276. The van der Waals surface area contributed by atoms with Crippen LogP contribution in [0.25, 0.3) is 0 Å². The Morgan fingerprint density at radius 1 is 1.25 bits per heavy atom. The molecular formula is C15H16N4O. The van der Waals surface area contributed by atoms with E-state index >= 15 is 0 Å². The maximum atomic E-state index is 9.53. The van der Waals surface area contributed by atoms with Crippen molar-refractivity contribution in [3.63, 3.8) is 0 Å². The molecule has 2 aromatic rings. The fraction of sp³-hybridized carbons (Fsp3) is 0.267. The first-order valence-electron chi connectivity index (χ1n) is 6.33. The van der Waals surface area contributed by atoms with Crippen molar-refractivity contribution in [2.24, 2.45) is 0 Å². The normalized spacial score (nSPS) is 11.7. The molecule has 5 heteroatoms. The Labute approximate surface area is 117 Å². The lowest BCUT2D eigenvalue weighted by Gasteiger charge is -2.18. The molecule has 0 fully saturated rings. The van der Waals surface area contributed by atoms with Crippen molar-refractivity contribution in [3.8, 4) is 6.07 Å². The number of anilines is 1. The number of nitriles is 1. The number of aromatic nitrogens is 2. The lowest BCUT2D eigenvalue weighted by atomic mass is 10.1. The van der Waals surface area contributed by atoms with Crippen LogP contribution >= 0.6 is 0 Å². The molecule has 0 aliphatic carbocycles. The van der Waals surface area contributed by atoms with Gasteiger partial charge in [0, 0.05) is 0 Å². The minimum atomic E-state index is -0.320. The van der Waals surface area contributed by atoms with Crippen LogP contribution in [0, 0.1) is 25.2 Å². The molecule has 0 radical (unpaired) electrons. The van der Waals surface area contributed by atoms with Crippen molar-refractivity contribution < 1.29 is 5.11 Å². The summed E-state index contributed by atoms with van der Waals surface area (Å²) in [5.74, 6) is 0.401. The molecule has 1 unspecified atom stereocenters. The maximum Gasteiger partial charge on any atom is 0.167 e. The molecule has 0 aliphatic heterocycles. The molecule has 2 rings (SSSR count). The van der Waals surface area contributed by atoms with Crippen molar-refractivity contribution >= 4 is 5.82 Å². The summed E-state index contributed by atoms with van der Waals surface area (Å²) in [7, 11) is 0. The molecule has 1 aromatic carbocycles. The van der Waals surface area contributed by atoms with Crippen LogP contribution in [-0.4, -0.2) is 21.9 Å². The van der Waals surface area contributed by atoms with Gasteiger partial charge < -0.3 is 10.4 Å². The summed E-state index contributed by atoms with van der Waals surface area (Å²) in [4.78, 5) is 0. The van der Waals surface area contributed by atoms with E-state index in [1.54, 1.807) is 0 Å². The molecule has 1 atom stereocenters. The fourth-order valence-corrected chi connectivity index (χ4v) is 1.93. The highest BCUT2D eigenvalue weighted by Gasteiger charge is 2.16. The number of aliphatic hydroxyl groups is 1. The summed E-state index contributed by atoms with van der Waals surface area (Å²) in [6.45, 7) is 3.56. The van der Waals surface area contributed by atoms with Crippen LogP contribution in [-0.2, 0) is 0 Å². The highest BCUT2D eigenvalue weighted by molar-refractivity contribution is 5.56. The fourth-order valence-electron chi connectivity index (χ4n) is 1.93. The Kier molecular flexibility index (Phi) is 4.28.